The molecule has 1 atom stereocenters. The van der Waals surface area contributed by atoms with E-state index >= 15 is 0 Å². The van der Waals surface area contributed by atoms with Gasteiger partial charge in [-0.1, -0.05) is 44.2 Å². The maximum Gasteiger partial charge on any atom is 0.0177 e. The van der Waals surface area contributed by atoms with Crippen LogP contribution in [-0.2, 0) is 5.41 Å². The number of nitrogens with zero attached hydrogens (tertiary/aromatic N) is 1. The molecule has 0 radical (unpaired) electrons. The van der Waals surface area contributed by atoms with Crippen molar-refractivity contribution in [2.45, 2.75) is 57.9 Å². The van der Waals surface area contributed by atoms with Crippen LogP contribution in [0.15, 0.2) is 30.3 Å². The highest BCUT2D eigenvalue weighted by Crippen LogP contribution is 2.33. The summed E-state index contributed by atoms with van der Waals surface area (Å²) in [6.07, 6.45) is 3.85. The predicted octanol–water partition coefficient (Wildman–Crippen LogP) is 3.82. The van der Waals surface area contributed by atoms with E-state index in [1.54, 1.807) is 0 Å². The largest absolute Gasteiger partial charge is 0.316 e. The third-order valence-electron chi connectivity index (χ3n) is 5.03. The molecule has 0 saturated carbocycles. The first-order chi connectivity index (χ1) is 9.98. The fraction of sp³-hybridized carbons (Fsp3) is 0.684. The van der Waals surface area contributed by atoms with E-state index in [1.807, 2.05) is 0 Å². The quantitative estimate of drug-likeness (QED) is 0.767. The van der Waals surface area contributed by atoms with Crippen LogP contribution in [0.1, 0.15) is 52.5 Å². The molecular formula is C19H32N2. The molecule has 2 rings (SSSR count). The van der Waals surface area contributed by atoms with Crippen LogP contribution in [0.5, 0.6) is 0 Å². The van der Waals surface area contributed by atoms with Gasteiger partial charge in [-0.05, 0) is 51.8 Å². The van der Waals surface area contributed by atoms with Gasteiger partial charge in [0.1, 0.15) is 0 Å². The number of benzene rings is 1. The second-order valence-electron chi connectivity index (χ2n) is 7.44. The Balaban J connectivity index is 2.15. The van der Waals surface area contributed by atoms with Crippen LogP contribution >= 0.6 is 0 Å². The van der Waals surface area contributed by atoms with E-state index in [-0.39, 0.29) is 5.41 Å². The van der Waals surface area contributed by atoms with E-state index in [0.717, 1.165) is 19.6 Å². The molecule has 118 valence electrons. The minimum Gasteiger partial charge on any atom is -0.316 e. The molecule has 1 saturated heterocycles. The summed E-state index contributed by atoms with van der Waals surface area (Å²) in [5.41, 5.74) is 1.98. The zero-order valence-corrected chi connectivity index (χ0v) is 14.3. The van der Waals surface area contributed by atoms with Crippen molar-refractivity contribution in [1.82, 2.24) is 10.2 Å². The van der Waals surface area contributed by atoms with Gasteiger partial charge in [0.25, 0.3) is 0 Å². The zero-order valence-electron chi connectivity index (χ0n) is 14.3. The molecule has 1 aliphatic heterocycles. The molecule has 21 heavy (non-hydrogen) atoms. The van der Waals surface area contributed by atoms with E-state index in [2.05, 4.69) is 68.2 Å². The van der Waals surface area contributed by atoms with Gasteiger partial charge >= 0.3 is 0 Å². The summed E-state index contributed by atoms with van der Waals surface area (Å²) in [6, 6.07) is 11.0. The van der Waals surface area contributed by atoms with E-state index < -0.39 is 0 Å². The van der Waals surface area contributed by atoms with Crippen molar-refractivity contribution in [3.8, 4) is 0 Å². The van der Waals surface area contributed by atoms with Crippen molar-refractivity contribution in [2.24, 2.45) is 0 Å². The third kappa shape index (κ3) is 4.08. The predicted molar refractivity (Wildman–Crippen MR) is 91.8 cm³/mol. The van der Waals surface area contributed by atoms with E-state index in [0.29, 0.717) is 5.54 Å². The van der Waals surface area contributed by atoms with Gasteiger partial charge in [-0.15, -0.1) is 0 Å². The van der Waals surface area contributed by atoms with Crippen LogP contribution in [-0.4, -0.2) is 36.6 Å². The lowest BCUT2D eigenvalue weighted by molar-refractivity contribution is 0.136. The minimum absolute atomic E-state index is 0.179. The van der Waals surface area contributed by atoms with Crippen molar-refractivity contribution < 1.29 is 0 Å². The molecule has 1 N–H and O–H groups in total. The van der Waals surface area contributed by atoms with Gasteiger partial charge in [0, 0.05) is 24.0 Å². The molecule has 0 amide bonds. The summed E-state index contributed by atoms with van der Waals surface area (Å²) in [4.78, 5) is 2.69. The first-order valence-electron chi connectivity index (χ1n) is 8.49. The molecule has 2 nitrogen and oxygen atoms in total. The Morgan fingerprint density at radius 1 is 1.24 bits per heavy atom. The molecule has 1 fully saturated rings. The molecule has 1 aliphatic rings. The average molecular weight is 288 g/mol. The fourth-order valence-electron chi connectivity index (χ4n) is 3.51. The van der Waals surface area contributed by atoms with Crippen molar-refractivity contribution in [1.29, 1.82) is 0 Å². The second-order valence-corrected chi connectivity index (χ2v) is 7.44. The Labute approximate surface area is 130 Å². The lowest BCUT2D eigenvalue weighted by Crippen LogP contribution is -2.50. The summed E-state index contributed by atoms with van der Waals surface area (Å²) in [7, 11) is 0. The van der Waals surface area contributed by atoms with Crippen molar-refractivity contribution >= 4 is 0 Å². The number of hydrogen-bond acceptors (Lipinski definition) is 2. The SMILES string of the molecule is CCCNCC(C)(CN1CCCC1(C)C)c1ccccc1. The van der Waals surface area contributed by atoms with Gasteiger partial charge in [0.15, 0.2) is 0 Å². The Kier molecular flexibility index (Phi) is 5.45. The second kappa shape index (κ2) is 6.93. The molecule has 1 heterocycles. The molecule has 0 bridgehead atoms. The number of likely N-dealkylation sites (tertiary alicyclic amines) is 1. The topological polar surface area (TPSA) is 15.3 Å². The van der Waals surface area contributed by atoms with Crippen molar-refractivity contribution in [3.63, 3.8) is 0 Å². The zero-order chi connectivity index (χ0) is 15.3. The smallest absolute Gasteiger partial charge is 0.0177 e. The maximum absolute atomic E-state index is 3.65. The first-order valence-corrected chi connectivity index (χ1v) is 8.49. The number of nitrogens with one attached hydrogen (secondary N) is 1. The van der Waals surface area contributed by atoms with Gasteiger partial charge in [0.2, 0.25) is 0 Å². The molecular weight excluding hydrogens is 256 g/mol. The minimum atomic E-state index is 0.179. The van der Waals surface area contributed by atoms with Crippen LogP contribution < -0.4 is 5.32 Å². The highest BCUT2D eigenvalue weighted by atomic mass is 15.2. The molecule has 0 spiro atoms. The van der Waals surface area contributed by atoms with Crippen LogP contribution in [0.25, 0.3) is 0 Å². The summed E-state index contributed by atoms with van der Waals surface area (Å²) in [5, 5.41) is 3.65. The summed E-state index contributed by atoms with van der Waals surface area (Å²) < 4.78 is 0. The summed E-state index contributed by atoms with van der Waals surface area (Å²) in [5.74, 6) is 0. The van der Waals surface area contributed by atoms with Crippen molar-refractivity contribution in [2.75, 3.05) is 26.2 Å². The van der Waals surface area contributed by atoms with E-state index in [1.165, 1.54) is 31.4 Å². The monoisotopic (exact) mass is 288 g/mol. The Morgan fingerprint density at radius 2 is 1.95 bits per heavy atom. The highest BCUT2D eigenvalue weighted by Gasteiger charge is 2.37. The molecule has 0 aromatic heterocycles. The normalized spacial score (nSPS) is 21.3. The lowest BCUT2D eigenvalue weighted by Gasteiger charge is -2.40. The standard InChI is InChI=1S/C19H32N2/c1-5-13-20-15-19(4,17-10-7-6-8-11-17)16-21-14-9-12-18(21,2)3/h6-8,10-11,20H,5,9,12-16H2,1-4H3. The highest BCUT2D eigenvalue weighted by molar-refractivity contribution is 5.26. The van der Waals surface area contributed by atoms with E-state index in [4.69, 9.17) is 0 Å². The molecule has 1 aromatic rings. The Bertz CT molecular complexity index is 426. The van der Waals surface area contributed by atoms with Gasteiger partial charge in [0.05, 0.1) is 0 Å². The van der Waals surface area contributed by atoms with Gasteiger partial charge in [-0.2, -0.15) is 0 Å². The first kappa shape index (κ1) is 16.5. The van der Waals surface area contributed by atoms with Gasteiger partial charge in [-0.3, -0.25) is 4.90 Å². The Morgan fingerprint density at radius 3 is 2.52 bits per heavy atom. The van der Waals surface area contributed by atoms with Crippen LogP contribution in [0.3, 0.4) is 0 Å². The summed E-state index contributed by atoms with van der Waals surface area (Å²) >= 11 is 0. The number of rotatable bonds is 7. The summed E-state index contributed by atoms with van der Waals surface area (Å²) in [6.45, 7) is 14.0. The van der Waals surface area contributed by atoms with Crippen LogP contribution in [0.2, 0.25) is 0 Å². The fourth-order valence-corrected chi connectivity index (χ4v) is 3.51. The van der Waals surface area contributed by atoms with Crippen LogP contribution in [0, 0.1) is 0 Å². The lowest BCUT2D eigenvalue weighted by atomic mass is 9.81. The molecule has 1 unspecified atom stereocenters. The molecule has 1 aromatic carbocycles. The average Bonchev–Trinajstić information content (AvgIpc) is 2.79. The molecule has 2 heteroatoms. The maximum atomic E-state index is 3.65. The number of hydrogen-bond donors (Lipinski definition) is 1. The van der Waals surface area contributed by atoms with E-state index in [9.17, 15) is 0 Å². The van der Waals surface area contributed by atoms with Crippen LogP contribution in [0.4, 0.5) is 0 Å². The molecule has 0 aliphatic carbocycles. The Hall–Kier alpha value is -0.860. The van der Waals surface area contributed by atoms with Crippen molar-refractivity contribution in [3.05, 3.63) is 35.9 Å². The third-order valence-corrected chi connectivity index (χ3v) is 5.03. The van der Waals surface area contributed by atoms with Gasteiger partial charge < -0.3 is 5.32 Å². The van der Waals surface area contributed by atoms with Gasteiger partial charge in [-0.25, -0.2) is 0 Å².